The number of sulfonamides is 1. The molecule has 2 rings (SSSR count). The average Bonchev–Trinajstić information content (AvgIpc) is 2.93. The molecule has 7 heteroatoms. The molecule has 1 aromatic heterocycles. The van der Waals surface area contributed by atoms with Crippen molar-refractivity contribution in [3.8, 4) is 0 Å². The number of thiophene rings is 1. The van der Waals surface area contributed by atoms with Crippen LogP contribution in [0.3, 0.4) is 0 Å². The Hall–Kier alpha value is -1.70. The minimum Gasteiger partial charge on any atom is -0.480 e. The van der Waals surface area contributed by atoms with Gasteiger partial charge in [-0.3, -0.25) is 4.79 Å². The first-order valence-electron chi connectivity index (χ1n) is 5.81. The Bertz CT molecular complexity index is 666. The van der Waals surface area contributed by atoms with Gasteiger partial charge in [-0.25, -0.2) is 8.42 Å². The lowest BCUT2D eigenvalue weighted by Gasteiger charge is -2.14. The van der Waals surface area contributed by atoms with E-state index in [1.807, 2.05) is 6.07 Å². The number of carboxylic acids is 1. The average molecular weight is 311 g/mol. The summed E-state index contributed by atoms with van der Waals surface area (Å²) in [7, 11) is -3.79. The second kappa shape index (κ2) is 6.17. The van der Waals surface area contributed by atoms with Gasteiger partial charge in [0, 0.05) is 0 Å². The first-order valence-corrected chi connectivity index (χ1v) is 8.18. The predicted octanol–water partition coefficient (Wildman–Crippen LogP) is 1.72. The van der Waals surface area contributed by atoms with Crippen molar-refractivity contribution in [2.75, 3.05) is 0 Å². The minimum absolute atomic E-state index is 0.0980. The van der Waals surface area contributed by atoms with E-state index in [1.54, 1.807) is 35.7 Å². The third kappa shape index (κ3) is 3.66. The highest BCUT2D eigenvalue weighted by Gasteiger charge is 2.26. The van der Waals surface area contributed by atoms with E-state index in [-0.39, 0.29) is 10.6 Å². The van der Waals surface area contributed by atoms with Crippen LogP contribution in [0, 0.1) is 0 Å². The Kier molecular flexibility index (Phi) is 4.53. The zero-order valence-corrected chi connectivity index (χ0v) is 12.0. The summed E-state index contributed by atoms with van der Waals surface area (Å²) in [6.07, 6.45) is 0.0980. The molecule has 0 amide bonds. The number of rotatable bonds is 6. The minimum atomic E-state index is -3.79. The summed E-state index contributed by atoms with van der Waals surface area (Å²) < 4.78 is 26.4. The number of carboxylic acid groups (broad SMARTS) is 1. The van der Waals surface area contributed by atoms with Crippen LogP contribution in [-0.2, 0) is 21.2 Å². The number of nitrogens with one attached hydrogen (secondary N) is 1. The molecule has 0 saturated heterocycles. The fourth-order valence-corrected chi connectivity index (χ4v) is 3.89. The summed E-state index contributed by atoms with van der Waals surface area (Å²) in [6.45, 7) is 0. The molecule has 5 nitrogen and oxygen atoms in total. The van der Waals surface area contributed by atoms with Gasteiger partial charge in [0.25, 0.3) is 10.0 Å². The summed E-state index contributed by atoms with van der Waals surface area (Å²) in [4.78, 5) is 11.2. The van der Waals surface area contributed by atoms with Crippen molar-refractivity contribution >= 4 is 27.3 Å². The monoisotopic (exact) mass is 311 g/mol. The molecule has 0 aliphatic rings. The van der Waals surface area contributed by atoms with Crippen LogP contribution in [0.4, 0.5) is 0 Å². The molecule has 1 atom stereocenters. The van der Waals surface area contributed by atoms with E-state index in [4.69, 9.17) is 0 Å². The van der Waals surface area contributed by atoms with Gasteiger partial charge >= 0.3 is 5.97 Å². The van der Waals surface area contributed by atoms with E-state index in [0.717, 1.165) is 16.9 Å². The normalized spacial score (nSPS) is 13.0. The van der Waals surface area contributed by atoms with Crippen LogP contribution < -0.4 is 4.72 Å². The maximum absolute atomic E-state index is 12.0. The van der Waals surface area contributed by atoms with Crippen molar-refractivity contribution in [1.82, 2.24) is 4.72 Å². The van der Waals surface area contributed by atoms with Gasteiger partial charge in [-0.1, -0.05) is 36.4 Å². The summed E-state index contributed by atoms with van der Waals surface area (Å²) >= 11 is 1.05. The maximum atomic E-state index is 12.0. The first-order chi connectivity index (χ1) is 9.49. The molecule has 0 spiro atoms. The van der Waals surface area contributed by atoms with E-state index >= 15 is 0 Å². The zero-order valence-electron chi connectivity index (χ0n) is 10.4. The molecule has 0 radical (unpaired) electrons. The summed E-state index contributed by atoms with van der Waals surface area (Å²) in [5, 5.41) is 10.8. The number of aliphatic carboxylic acids is 1. The Morgan fingerprint density at radius 2 is 1.90 bits per heavy atom. The van der Waals surface area contributed by atoms with Crippen LogP contribution >= 0.6 is 11.3 Å². The van der Waals surface area contributed by atoms with Crippen LogP contribution in [0.2, 0.25) is 0 Å². The van der Waals surface area contributed by atoms with E-state index in [0.29, 0.717) is 0 Å². The van der Waals surface area contributed by atoms with Crippen LogP contribution in [0.1, 0.15) is 5.56 Å². The topological polar surface area (TPSA) is 83.5 Å². The lowest BCUT2D eigenvalue weighted by Crippen LogP contribution is -2.42. The first kappa shape index (κ1) is 14.7. The predicted molar refractivity (Wildman–Crippen MR) is 76.2 cm³/mol. The SMILES string of the molecule is O=C(O)[C@H](Cc1ccccc1)NS(=O)(=O)c1cccs1. The smallest absolute Gasteiger partial charge is 0.322 e. The lowest BCUT2D eigenvalue weighted by atomic mass is 10.1. The molecule has 2 aromatic rings. The van der Waals surface area contributed by atoms with Crippen molar-refractivity contribution < 1.29 is 18.3 Å². The molecule has 1 aromatic carbocycles. The van der Waals surface area contributed by atoms with Crippen LogP contribution in [-0.4, -0.2) is 25.5 Å². The van der Waals surface area contributed by atoms with Crippen LogP contribution in [0.25, 0.3) is 0 Å². The third-order valence-electron chi connectivity index (χ3n) is 2.64. The maximum Gasteiger partial charge on any atom is 0.322 e. The van der Waals surface area contributed by atoms with E-state index < -0.39 is 22.0 Å². The highest BCUT2D eigenvalue weighted by molar-refractivity contribution is 7.91. The molecule has 106 valence electrons. The number of carbonyl (C=O) groups is 1. The summed E-state index contributed by atoms with van der Waals surface area (Å²) in [5.41, 5.74) is 0.758. The van der Waals surface area contributed by atoms with Crippen molar-refractivity contribution in [3.63, 3.8) is 0 Å². The Balaban J connectivity index is 2.17. The van der Waals surface area contributed by atoms with E-state index in [9.17, 15) is 18.3 Å². The standard InChI is InChI=1S/C13H13NO4S2/c15-13(16)11(9-10-5-2-1-3-6-10)14-20(17,18)12-7-4-8-19-12/h1-8,11,14H,9H2,(H,15,16)/t11-/m0/s1. The fraction of sp³-hybridized carbons (Fsp3) is 0.154. The van der Waals surface area contributed by atoms with Crippen molar-refractivity contribution in [1.29, 1.82) is 0 Å². The van der Waals surface area contributed by atoms with Crippen molar-refractivity contribution in [3.05, 3.63) is 53.4 Å². The summed E-state index contributed by atoms with van der Waals surface area (Å²) in [5.74, 6) is -1.20. The quantitative estimate of drug-likeness (QED) is 0.851. The van der Waals surface area contributed by atoms with Gasteiger partial charge in [0.15, 0.2) is 0 Å². The van der Waals surface area contributed by atoms with Gasteiger partial charge in [-0.2, -0.15) is 4.72 Å². The van der Waals surface area contributed by atoms with Gasteiger partial charge in [0.1, 0.15) is 10.3 Å². The molecule has 0 saturated carbocycles. The highest BCUT2D eigenvalue weighted by atomic mass is 32.2. The van der Waals surface area contributed by atoms with Crippen LogP contribution in [0.5, 0.6) is 0 Å². The third-order valence-corrected chi connectivity index (χ3v) is 5.51. The molecular weight excluding hydrogens is 298 g/mol. The van der Waals surface area contributed by atoms with Gasteiger partial charge in [-0.15, -0.1) is 11.3 Å². The van der Waals surface area contributed by atoms with Crippen molar-refractivity contribution in [2.45, 2.75) is 16.7 Å². The summed E-state index contributed by atoms with van der Waals surface area (Å²) in [6, 6.07) is 10.7. The Labute approximate surface area is 120 Å². The van der Waals surface area contributed by atoms with Gasteiger partial charge in [0.2, 0.25) is 0 Å². The van der Waals surface area contributed by atoms with Crippen LogP contribution in [0.15, 0.2) is 52.1 Å². The molecule has 0 aliphatic heterocycles. The zero-order chi connectivity index (χ0) is 14.6. The van der Waals surface area contributed by atoms with Gasteiger partial charge < -0.3 is 5.11 Å². The number of hydrogen-bond acceptors (Lipinski definition) is 4. The Morgan fingerprint density at radius 3 is 2.45 bits per heavy atom. The molecule has 20 heavy (non-hydrogen) atoms. The largest absolute Gasteiger partial charge is 0.480 e. The molecule has 0 bridgehead atoms. The second-order valence-electron chi connectivity index (χ2n) is 4.13. The molecule has 0 fully saturated rings. The van der Waals surface area contributed by atoms with E-state index in [2.05, 4.69) is 4.72 Å². The van der Waals surface area contributed by atoms with Gasteiger partial charge in [-0.05, 0) is 23.4 Å². The molecule has 0 aliphatic carbocycles. The number of benzene rings is 1. The van der Waals surface area contributed by atoms with Crippen molar-refractivity contribution in [2.24, 2.45) is 0 Å². The molecule has 2 N–H and O–H groups in total. The molecule has 1 heterocycles. The molecule has 0 unspecified atom stereocenters. The van der Waals surface area contributed by atoms with Gasteiger partial charge in [0.05, 0.1) is 0 Å². The second-order valence-corrected chi connectivity index (χ2v) is 7.02. The van der Waals surface area contributed by atoms with E-state index in [1.165, 1.54) is 6.07 Å². The Morgan fingerprint density at radius 1 is 1.20 bits per heavy atom. The molecular formula is C13H13NO4S2. The number of hydrogen-bond donors (Lipinski definition) is 2. The lowest BCUT2D eigenvalue weighted by molar-refractivity contribution is -0.138. The fourth-order valence-electron chi connectivity index (χ4n) is 1.69. The highest BCUT2D eigenvalue weighted by Crippen LogP contribution is 2.16.